The average Bonchev–Trinajstić information content (AvgIpc) is 3.36. The van der Waals surface area contributed by atoms with Crippen LogP contribution in [-0.4, -0.2) is 27.6 Å². The van der Waals surface area contributed by atoms with E-state index in [2.05, 4.69) is 25.3 Å². The fraction of sp³-hybridized carbons (Fsp3) is 0.176. The topological polar surface area (TPSA) is 83.2 Å². The molecule has 7 nitrogen and oxygen atoms in total. The number of hydrogen-bond donors (Lipinski definition) is 0. The molecule has 4 rings (SSSR count). The highest BCUT2D eigenvalue weighted by Gasteiger charge is 2.36. The molecule has 0 radical (unpaired) electrons. The van der Waals surface area contributed by atoms with Crippen LogP contribution in [0.3, 0.4) is 0 Å². The van der Waals surface area contributed by atoms with Gasteiger partial charge in [0.05, 0.1) is 11.4 Å². The summed E-state index contributed by atoms with van der Waals surface area (Å²) in [6.07, 6.45) is 1.64. The monoisotopic (exact) mass is 382 g/mol. The lowest BCUT2D eigenvalue weighted by molar-refractivity contribution is -0.117. The lowest BCUT2D eigenvalue weighted by Gasteiger charge is -2.07. The number of carbonyl (C=O) groups excluding carboxylic acids is 1. The molecule has 0 saturated carbocycles. The highest BCUT2D eigenvalue weighted by atomic mass is 32.1. The summed E-state index contributed by atoms with van der Waals surface area (Å²) in [7, 11) is 0. The first kappa shape index (κ1) is 16.7. The van der Waals surface area contributed by atoms with Gasteiger partial charge in [-0.25, -0.2) is 9.97 Å². The van der Waals surface area contributed by atoms with Crippen LogP contribution in [0.15, 0.2) is 56.6 Å². The van der Waals surface area contributed by atoms with E-state index in [1.54, 1.807) is 18.5 Å². The number of nitrogens with zero attached hydrogens (tertiary/aromatic N) is 6. The predicted molar refractivity (Wildman–Crippen MR) is 103 cm³/mol. The van der Waals surface area contributed by atoms with Crippen molar-refractivity contribution in [1.29, 1.82) is 0 Å². The first-order chi connectivity index (χ1) is 12.6. The number of hydrazone groups is 1. The number of benzene rings is 1. The lowest BCUT2D eigenvalue weighted by atomic mass is 10.1. The van der Waals surface area contributed by atoms with E-state index in [-0.39, 0.29) is 5.91 Å². The van der Waals surface area contributed by atoms with Gasteiger partial charge in [0, 0.05) is 22.5 Å². The van der Waals surface area contributed by atoms with Crippen molar-refractivity contribution >= 4 is 44.6 Å². The molecule has 1 aliphatic rings. The van der Waals surface area contributed by atoms with Gasteiger partial charge >= 0.3 is 0 Å². The number of thiazole rings is 2. The minimum Gasteiger partial charge on any atom is -0.269 e. The second kappa shape index (κ2) is 6.85. The van der Waals surface area contributed by atoms with Crippen LogP contribution in [0.2, 0.25) is 0 Å². The van der Waals surface area contributed by atoms with Gasteiger partial charge in [0.2, 0.25) is 10.3 Å². The Balaban J connectivity index is 1.55. The Morgan fingerprint density at radius 2 is 1.96 bits per heavy atom. The fourth-order valence-corrected chi connectivity index (χ4v) is 3.66. The van der Waals surface area contributed by atoms with Crippen molar-refractivity contribution in [2.24, 2.45) is 15.3 Å². The molecule has 0 bridgehead atoms. The minimum atomic E-state index is -0.731. The molecule has 0 N–H and O–H groups in total. The number of anilines is 1. The largest absolute Gasteiger partial charge is 0.282 e. The van der Waals surface area contributed by atoms with Crippen LogP contribution in [0.5, 0.6) is 0 Å². The molecular formula is C17H14N6OS2. The van der Waals surface area contributed by atoms with Crippen LogP contribution in [0.1, 0.15) is 12.5 Å². The van der Waals surface area contributed by atoms with Gasteiger partial charge in [0.25, 0.3) is 5.91 Å². The highest BCUT2D eigenvalue weighted by Crippen LogP contribution is 2.30. The summed E-state index contributed by atoms with van der Waals surface area (Å²) < 4.78 is 0. The van der Waals surface area contributed by atoms with Gasteiger partial charge in [0.1, 0.15) is 0 Å². The van der Waals surface area contributed by atoms with E-state index in [0.29, 0.717) is 16.0 Å². The zero-order valence-electron chi connectivity index (χ0n) is 14.0. The van der Waals surface area contributed by atoms with Crippen LogP contribution in [-0.2, 0) is 4.79 Å². The molecule has 9 heteroatoms. The molecule has 1 atom stereocenters. The molecule has 1 aliphatic heterocycles. The Kier molecular flexibility index (Phi) is 4.39. The third-order valence-electron chi connectivity index (χ3n) is 3.79. The molecule has 130 valence electrons. The van der Waals surface area contributed by atoms with E-state index in [0.717, 1.165) is 11.3 Å². The molecular weight excluding hydrogens is 368 g/mol. The number of aromatic nitrogens is 2. The van der Waals surface area contributed by atoms with Gasteiger partial charge in [-0.1, -0.05) is 29.8 Å². The first-order valence-corrected chi connectivity index (χ1v) is 9.60. The molecule has 0 aliphatic carbocycles. The Labute approximate surface area is 157 Å². The molecule has 0 saturated heterocycles. The highest BCUT2D eigenvalue weighted by molar-refractivity contribution is 7.14. The smallest absolute Gasteiger partial charge is 0.269 e. The second-order valence-corrected chi connectivity index (χ2v) is 7.42. The third kappa shape index (κ3) is 3.18. The van der Waals surface area contributed by atoms with E-state index in [1.165, 1.54) is 33.2 Å². The average molecular weight is 382 g/mol. The quantitative estimate of drug-likeness (QED) is 0.625. The molecule has 1 amide bonds. The standard InChI is InChI=1S/C17H14N6OS2/c1-10-3-5-12(6-4-10)13-9-26-17(19-13)23-15(24)14(11(2)22-23)20-21-16-18-7-8-25-16/h3-9,14H,1-2H3/t14-/m0/s1. The summed E-state index contributed by atoms with van der Waals surface area (Å²) in [5, 5.41) is 18.5. The van der Waals surface area contributed by atoms with Crippen molar-refractivity contribution in [3.63, 3.8) is 0 Å². The lowest BCUT2D eigenvalue weighted by Crippen LogP contribution is -2.29. The molecule has 0 spiro atoms. The van der Waals surface area contributed by atoms with Gasteiger partial charge in [-0.15, -0.1) is 27.8 Å². The molecule has 3 heterocycles. The maximum atomic E-state index is 12.7. The molecule has 0 fully saturated rings. The van der Waals surface area contributed by atoms with Gasteiger partial charge in [-0.05, 0) is 13.8 Å². The first-order valence-electron chi connectivity index (χ1n) is 7.84. The molecule has 0 unspecified atom stereocenters. The number of azo groups is 1. The Morgan fingerprint density at radius 1 is 1.15 bits per heavy atom. The van der Waals surface area contributed by atoms with Gasteiger partial charge < -0.3 is 0 Å². The summed E-state index contributed by atoms with van der Waals surface area (Å²) in [6, 6.07) is 7.36. The van der Waals surface area contributed by atoms with E-state index in [1.807, 2.05) is 36.6 Å². The SMILES string of the molecule is CC1=NN(c2nc(-c3ccc(C)cc3)cs2)C(=O)[C@H]1N=Nc1nccs1. The normalized spacial score (nSPS) is 17.3. The van der Waals surface area contributed by atoms with Crippen molar-refractivity contribution < 1.29 is 4.79 Å². The summed E-state index contributed by atoms with van der Waals surface area (Å²) in [6.45, 7) is 3.80. The van der Waals surface area contributed by atoms with Crippen LogP contribution in [0, 0.1) is 6.92 Å². The van der Waals surface area contributed by atoms with Crippen LogP contribution < -0.4 is 5.01 Å². The van der Waals surface area contributed by atoms with Gasteiger partial charge in [0.15, 0.2) is 6.04 Å². The van der Waals surface area contributed by atoms with E-state index in [9.17, 15) is 4.79 Å². The number of carbonyl (C=O) groups is 1. The zero-order valence-corrected chi connectivity index (χ0v) is 15.7. The Hall–Kier alpha value is -2.78. The summed E-state index contributed by atoms with van der Waals surface area (Å²) in [5.41, 5.74) is 3.60. The third-order valence-corrected chi connectivity index (χ3v) is 5.27. The van der Waals surface area contributed by atoms with Crippen molar-refractivity contribution in [2.75, 3.05) is 5.01 Å². The Bertz CT molecular complexity index is 991. The number of hydrogen-bond acceptors (Lipinski definition) is 8. The molecule has 2 aromatic heterocycles. The molecule has 1 aromatic carbocycles. The van der Waals surface area contributed by atoms with E-state index < -0.39 is 6.04 Å². The minimum absolute atomic E-state index is 0.257. The van der Waals surface area contributed by atoms with Gasteiger partial charge in [-0.2, -0.15) is 15.2 Å². The zero-order chi connectivity index (χ0) is 18.1. The van der Waals surface area contributed by atoms with Gasteiger partial charge in [-0.3, -0.25) is 4.79 Å². The number of rotatable bonds is 4. The van der Waals surface area contributed by atoms with Crippen molar-refractivity contribution in [2.45, 2.75) is 19.9 Å². The van der Waals surface area contributed by atoms with Crippen LogP contribution in [0.4, 0.5) is 10.3 Å². The van der Waals surface area contributed by atoms with Crippen molar-refractivity contribution in [3.8, 4) is 11.3 Å². The summed E-state index contributed by atoms with van der Waals surface area (Å²) in [5.74, 6) is -0.257. The van der Waals surface area contributed by atoms with Crippen molar-refractivity contribution in [1.82, 2.24) is 9.97 Å². The maximum Gasteiger partial charge on any atom is 0.282 e. The fourth-order valence-electron chi connectivity index (χ4n) is 2.42. The second-order valence-electron chi connectivity index (χ2n) is 5.71. The maximum absolute atomic E-state index is 12.7. The van der Waals surface area contributed by atoms with Crippen LogP contribution >= 0.6 is 22.7 Å². The summed E-state index contributed by atoms with van der Waals surface area (Å²) in [4.78, 5) is 21.3. The van der Waals surface area contributed by atoms with E-state index in [4.69, 9.17) is 0 Å². The predicted octanol–water partition coefficient (Wildman–Crippen LogP) is 4.45. The molecule has 3 aromatic rings. The number of amides is 1. The van der Waals surface area contributed by atoms with Crippen LogP contribution in [0.25, 0.3) is 11.3 Å². The number of aryl methyl sites for hydroxylation is 1. The van der Waals surface area contributed by atoms with E-state index >= 15 is 0 Å². The van der Waals surface area contributed by atoms with Crippen molar-refractivity contribution in [3.05, 3.63) is 46.8 Å². The Morgan fingerprint density at radius 3 is 2.69 bits per heavy atom. The summed E-state index contributed by atoms with van der Waals surface area (Å²) >= 11 is 2.74. The molecule has 26 heavy (non-hydrogen) atoms.